The van der Waals surface area contributed by atoms with E-state index < -0.39 is 23.0 Å². The maximum absolute atomic E-state index is 13.5. The van der Waals surface area contributed by atoms with Gasteiger partial charge < -0.3 is 9.30 Å². The number of imidazole rings is 1. The van der Waals surface area contributed by atoms with Crippen molar-refractivity contribution >= 4 is 21.6 Å². The molecule has 0 aliphatic rings. The molecule has 0 radical (unpaired) electrons. The molecule has 7 nitrogen and oxygen atoms in total. The zero-order valence-corrected chi connectivity index (χ0v) is 21.1. The highest BCUT2D eigenvalue weighted by molar-refractivity contribution is 7.22. The van der Waals surface area contributed by atoms with Gasteiger partial charge in [0.2, 0.25) is 0 Å². The molecule has 0 spiro atoms. The van der Waals surface area contributed by atoms with Crippen molar-refractivity contribution in [3.63, 3.8) is 0 Å². The van der Waals surface area contributed by atoms with Crippen LogP contribution in [0.2, 0.25) is 0 Å². The molecule has 0 unspecified atom stereocenters. The second kappa shape index (κ2) is 8.77. The second-order valence-electron chi connectivity index (χ2n) is 8.57. The molecule has 0 bridgehead atoms. The third-order valence-corrected chi connectivity index (χ3v) is 7.63. The molecular weight excluding hydrogens is 505 g/mol. The molecule has 0 aliphatic carbocycles. The number of fused-ring (bicyclic) bond motifs is 1. The van der Waals surface area contributed by atoms with Crippen LogP contribution in [-0.2, 0) is 13.2 Å². The lowest BCUT2D eigenvalue weighted by Gasteiger charge is -2.11. The van der Waals surface area contributed by atoms with E-state index in [0.29, 0.717) is 21.5 Å². The Balaban J connectivity index is 1.68. The van der Waals surface area contributed by atoms with Crippen LogP contribution in [0, 0.1) is 13.8 Å². The SMILES string of the molecule is COc1cc(-c2sc3c(c2C)c(=O)n(-c2ccc(C(F)(F)F)cc2)c(=O)n3C)ccc1-n1cnc(C)c1. The van der Waals surface area contributed by atoms with Gasteiger partial charge in [-0.1, -0.05) is 6.07 Å². The normalized spacial score (nSPS) is 11.9. The molecule has 190 valence electrons. The number of ether oxygens (including phenoxy) is 1. The molecule has 0 saturated carbocycles. The van der Waals surface area contributed by atoms with Gasteiger partial charge in [-0.05, 0) is 61.4 Å². The number of methoxy groups -OCH3 is 1. The fourth-order valence-electron chi connectivity index (χ4n) is 4.31. The number of halogens is 3. The Kier molecular flexibility index (Phi) is 5.82. The summed E-state index contributed by atoms with van der Waals surface area (Å²) < 4.78 is 48.7. The van der Waals surface area contributed by atoms with Crippen LogP contribution in [0.1, 0.15) is 16.8 Å². The first-order valence-corrected chi connectivity index (χ1v) is 11.9. The molecule has 11 heteroatoms. The highest BCUT2D eigenvalue weighted by Crippen LogP contribution is 2.39. The quantitative estimate of drug-likeness (QED) is 0.321. The number of hydrogen-bond acceptors (Lipinski definition) is 5. The third kappa shape index (κ3) is 4.05. The Morgan fingerprint density at radius 3 is 2.32 bits per heavy atom. The van der Waals surface area contributed by atoms with Crippen molar-refractivity contribution < 1.29 is 17.9 Å². The smallest absolute Gasteiger partial charge is 0.416 e. The predicted molar refractivity (Wildman–Crippen MR) is 136 cm³/mol. The molecule has 5 rings (SSSR count). The Morgan fingerprint density at radius 2 is 1.73 bits per heavy atom. The lowest BCUT2D eigenvalue weighted by molar-refractivity contribution is -0.137. The zero-order valence-electron chi connectivity index (χ0n) is 20.3. The molecule has 5 aromatic rings. The molecule has 0 amide bonds. The van der Waals surface area contributed by atoms with Crippen LogP contribution in [0.5, 0.6) is 5.75 Å². The van der Waals surface area contributed by atoms with E-state index in [-0.39, 0.29) is 5.69 Å². The molecule has 3 aromatic heterocycles. The minimum absolute atomic E-state index is 0.0642. The van der Waals surface area contributed by atoms with E-state index in [4.69, 9.17) is 4.74 Å². The van der Waals surface area contributed by atoms with Gasteiger partial charge in [0.05, 0.1) is 41.5 Å². The van der Waals surface area contributed by atoms with Crippen LogP contribution in [0.3, 0.4) is 0 Å². The van der Waals surface area contributed by atoms with Gasteiger partial charge >= 0.3 is 11.9 Å². The van der Waals surface area contributed by atoms with E-state index in [2.05, 4.69) is 4.98 Å². The predicted octanol–water partition coefficient (Wildman–Crippen LogP) is 5.25. The van der Waals surface area contributed by atoms with Crippen LogP contribution in [0.15, 0.2) is 64.6 Å². The lowest BCUT2D eigenvalue weighted by Crippen LogP contribution is -2.37. The monoisotopic (exact) mass is 526 g/mol. The maximum Gasteiger partial charge on any atom is 0.416 e. The summed E-state index contributed by atoms with van der Waals surface area (Å²) in [6, 6.07) is 9.60. The van der Waals surface area contributed by atoms with E-state index in [0.717, 1.165) is 50.7 Å². The van der Waals surface area contributed by atoms with Gasteiger partial charge in [0, 0.05) is 18.1 Å². The Labute approximate surface area is 212 Å². The van der Waals surface area contributed by atoms with E-state index in [1.54, 1.807) is 20.4 Å². The van der Waals surface area contributed by atoms with Crippen LogP contribution in [0.25, 0.3) is 32.0 Å². The highest BCUT2D eigenvalue weighted by atomic mass is 32.1. The number of thiophene rings is 1. The van der Waals surface area contributed by atoms with Crippen molar-refractivity contribution in [3.8, 4) is 27.6 Å². The number of aromatic nitrogens is 4. The average Bonchev–Trinajstić information content (AvgIpc) is 3.45. The fraction of sp³-hybridized carbons (Fsp3) is 0.192. The van der Waals surface area contributed by atoms with Gasteiger partial charge in [-0.2, -0.15) is 13.2 Å². The summed E-state index contributed by atoms with van der Waals surface area (Å²) in [5.74, 6) is 0.600. The Bertz CT molecular complexity index is 1780. The van der Waals surface area contributed by atoms with E-state index >= 15 is 0 Å². The van der Waals surface area contributed by atoms with Gasteiger partial charge in [0.15, 0.2) is 0 Å². The summed E-state index contributed by atoms with van der Waals surface area (Å²) in [4.78, 5) is 32.1. The molecule has 0 aliphatic heterocycles. The second-order valence-corrected chi connectivity index (χ2v) is 9.57. The lowest BCUT2D eigenvalue weighted by atomic mass is 10.1. The van der Waals surface area contributed by atoms with Gasteiger partial charge in [0.25, 0.3) is 5.56 Å². The van der Waals surface area contributed by atoms with E-state index in [1.807, 2.05) is 35.9 Å². The number of alkyl halides is 3. The number of nitrogens with zero attached hydrogens (tertiary/aromatic N) is 4. The topological polar surface area (TPSA) is 71.0 Å². The zero-order chi connectivity index (χ0) is 26.6. The fourth-order valence-corrected chi connectivity index (χ4v) is 5.56. The Morgan fingerprint density at radius 1 is 1.03 bits per heavy atom. The Hall–Kier alpha value is -4.12. The maximum atomic E-state index is 13.5. The number of benzene rings is 2. The van der Waals surface area contributed by atoms with Crippen LogP contribution < -0.4 is 16.0 Å². The highest BCUT2D eigenvalue weighted by Gasteiger charge is 2.30. The summed E-state index contributed by atoms with van der Waals surface area (Å²) in [6.07, 6.45) is -0.955. The molecule has 3 heterocycles. The van der Waals surface area contributed by atoms with E-state index in [9.17, 15) is 22.8 Å². The van der Waals surface area contributed by atoms with Crippen molar-refractivity contribution in [3.05, 3.63) is 92.6 Å². The van der Waals surface area contributed by atoms with Crippen molar-refractivity contribution in [2.45, 2.75) is 20.0 Å². The number of aryl methyl sites for hydroxylation is 3. The molecule has 37 heavy (non-hydrogen) atoms. The molecule has 2 aromatic carbocycles. The minimum atomic E-state index is -4.52. The minimum Gasteiger partial charge on any atom is -0.495 e. The summed E-state index contributed by atoms with van der Waals surface area (Å²) in [7, 11) is 3.10. The standard InChI is InChI=1S/C26H21F3N4O3S/c1-14-12-32(13-30-14)19-10-5-16(11-20(19)36-4)22-15(2)21-23(34)33(25(35)31(3)24(21)37-22)18-8-6-17(7-9-18)26(27,28)29/h5-13H,1-4H3. The first kappa shape index (κ1) is 24.6. The number of hydrogen-bond donors (Lipinski definition) is 0. The largest absolute Gasteiger partial charge is 0.495 e. The van der Waals surface area contributed by atoms with Crippen LogP contribution >= 0.6 is 11.3 Å². The van der Waals surface area contributed by atoms with Gasteiger partial charge in [0.1, 0.15) is 10.6 Å². The molecule has 0 fully saturated rings. The third-order valence-electron chi connectivity index (χ3n) is 6.21. The summed E-state index contributed by atoms with van der Waals surface area (Å²) in [6.45, 7) is 3.68. The van der Waals surface area contributed by atoms with Crippen LogP contribution in [-0.4, -0.2) is 25.8 Å². The van der Waals surface area contributed by atoms with Crippen molar-refractivity contribution in [2.24, 2.45) is 7.05 Å². The molecule has 0 saturated heterocycles. The first-order valence-electron chi connectivity index (χ1n) is 11.1. The molecular formula is C26H21F3N4O3S. The van der Waals surface area contributed by atoms with Crippen molar-refractivity contribution in [1.82, 2.24) is 18.7 Å². The van der Waals surface area contributed by atoms with Crippen LogP contribution in [0.4, 0.5) is 13.2 Å². The van der Waals surface area contributed by atoms with Gasteiger partial charge in [-0.15, -0.1) is 11.3 Å². The van der Waals surface area contributed by atoms with Crippen molar-refractivity contribution in [2.75, 3.05) is 7.11 Å². The number of rotatable bonds is 4. The van der Waals surface area contributed by atoms with Crippen molar-refractivity contribution in [1.29, 1.82) is 0 Å². The summed E-state index contributed by atoms with van der Waals surface area (Å²) in [5, 5.41) is 0.329. The first-order chi connectivity index (χ1) is 17.5. The summed E-state index contributed by atoms with van der Waals surface area (Å²) >= 11 is 1.29. The molecule has 0 N–H and O–H groups in total. The average molecular weight is 527 g/mol. The molecule has 0 atom stereocenters. The van der Waals surface area contributed by atoms with E-state index in [1.165, 1.54) is 23.0 Å². The van der Waals surface area contributed by atoms with Gasteiger partial charge in [-0.25, -0.2) is 14.3 Å². The summed E-state index contributed by atoms with van der Waals surface area (Å²) in [5.41, 5.74) is 1.08. The van der Waals surface area contributed by atoms with Gasteiger partial charge in [-0.3, -0.25) is 9.36 Å².